The highest BCUT2D eigenvalue weighted by Gasteiger charge is 2.79. The van der Waals surface area contributed by atoms with Crippen LogP contribution in [0.5, 0.6) is 0 Å². The molecule has 3 atom stereocenters. The lowest BCUT2D eigenvalue weighted by atomic mass is 9.84. The number of hydrogen-bond acceptors (Lipinski definition) is 6. The van der Waals surface area contributed by atoms with Crippen molar-refractivity contribution in [2.24, 2.45) is 5.41 Å². The molecule has 6 nitrogen and oxygen atoms in total. The topological polar surface area (TPSA) is 111 Å². The van der Waals surface area contributed by atoms with Gasteiger partial charge in [-0.1, -0.05) is 13.8 Å². The van der Waals surface area contributed by atoms with E-state index in [0.29, 0.717) is 12.8 Å². The molecule has 22 heavy (non-hydrogen) atoms. The first-order valence-corrected chi connectivity index (χ1v) is 8.13. The second-order valence-corrected chi connectivity index (χ2v) is 7.81. The number of carbonyl (C=O) groups excluding carboxylic acids is 1. The monoisotopic (exact) mass is 314 g/mol. The third-order valence-electron chi connectivity index (χ3n) is 5.55. The summed E-state index contributed by atoms with van der Waals surface area (Å²) in [5.41, 5.74) is -3.22. The number of fused-ring (bicyclic) bond motifs is 1. The maximum absolute atomic E-state index is 12.6. The van der Waals surface area contributed by atoms with Crippen molar-refractivity contribution < 1.29 is 19.7 Å². The summed E-state index contributed by atoms with van der Waals surface area (Å²) in [5.74, 6) is -0.363. The first-order chi connectivity index (χ1) is 9.92. The molecule has 0 aromatic rings. The molecule has 0 radical (unpaired) electrons. The van der Waals surface area contributed by atoms with Crippen LogP contribution in [0.15, 0.2) is 0 Å². The predicted octanol–water partition coefficient (Wildman–Crippen LogP) is 0.865. The molecule has 0 bridgehead atoms. The van der Waals surface area contributed by atoms with Crippen molar-refractivity contribution in [1.82, 2.24) is 10.6 Å². The summed E-state index contributed by atoms with van der Waals surface area (Å²) in [7, 11) is 0. The van der Waals surface area contributed by atoms with E-state index in [1.54, 1.807) is 13.8 Å². The summed E-state index contributed by atoms with van der Waals surface area (Å²) < 4.78 is 5.67. The summed E-state index contributed by atoms with van der Waals surface area (Å²) in [5, 5.41) is 27.3. The van der Waals surface area contributed by atoms with Crippen molar-refractivity contribution in [3.63, 3.8) is 0 Å². The van der Waals surface area contributed by atoms with Crippen LogP contribution in [0.1, 0.15) is 60.8 Å². The maximum atomic E-state index is 12.6. The number of hydrogen-bond donors (Lipinski definition) is 4. The minimum absolute atomic E-state index is 0.193. The van der Waals surface area contributed by atoms with Gasteiger partial charge in [0, 0.05) is 6.42 Å². The van der Waals surface area contributed by atoms with Crippen LogP contribution in [0.25, 0.3) is 0 Å². The highest BCUT2D eigenvalue weighted by Crippen LogP contribution is 2.52. The number of ether oxygens (including phenoxy) is 1. The van der Waals surface area contributed by atoms with Gasteiger partial charge in [0.25, 0.3) is 0 Å². The van der Waals surface area contributed by atoms with E-state index in [0.717, 1.165) is 0 Å². The first kappa shape index (κ1) is 17.7. The quantitative estimate of drug-likeness (QED) is 0.391. The van der Waals surface area contributed by atoms with Gasteiger partial charge in [0.2, 0.25) is 0 Å². The molecule has 6 heteroatoms. The molecule has 0 amide bonds. The average molecular weight is 314 g/mol. The summed E-state index contributed by atoms with van der Waals surface area (Å²) >= 11 is 0. The van der Waals surface area contributed by atoms with Gasteiger partial charge in [0.15, 0.2) is 0 Å². The number of esters is 1. The number of carbonyl (C=O) groups is 1. The van der Waals surface area contributed by atoms with Crippen LogP contribution < -0.4 is 10.6 Å². The molecule has 2 aliphatic heterocycles. The molecular weight excluding hydrogens is 284 g/mol. The van der Waals surface area contributed by atoms with Crippen molar-refractivity contribution in [2.45, 2.75) is 89.9 Å². The number of aliphatic hydroxyl groups is 2. The first-order valence-electron chi connectivity index (χ1n) is 8.13. The Hall–Kier alpha value is -0.690. The van der Waals surface area contributed by atoms with Crippen molar-refractivity contribution in [3.8, 4) is 0 Å². The van der Waals surface area contributed by atoms with Crippen molar-refractivity contribution in [2.75, 3.05) is 0 Å². The maximum Gasteiger partial charge on any atom is 0.315 e. The largest absolute Gasteiger partial charge is 0.459 e. The standard InChI is InChI=1S/C16H30N2O4/c1-7-14(5,20)9-10(15(6,21)8-2)22-12(19)13(3,4)16-11(17-16)18-16/h10-11,17-18,20-21H,7-9H2,1-6H3. The van der Waals surface area contributed by atoms with E-state index in [1.165, 1.54) is 0 Å². The molecular formula is C16H30N2O4. The number of rotatable bonds is 8. The smallest absolute Gasteiger partial charge is 0.315 e. The zero-order valence-electron chi connectivity index (χ0n) is 14.5. The summed E-state index contributed by atoms with van der Waals surface area (Å²) in [4.78, 5) is 12.6. The van der Waals surface area contributed by atoms with Gasteiger partial charge in [-0.25, -0.2) is 0 Å². The van der Waals surface area contributed by atoms with Crippen LogP contribution in [0.4, 0.5) is 0 Å². The van der Waals surface area contributed by atoms with E-state index in [9.17, 15) is 15.0 Å². The molecule has 0 saturated carbocycles. The molecule has 0 aliphatic carbocycles. The van der Waals surface area contributed by atoms with Gasteiger partial charge in [-0.05, 0) is 40.5 Å². The molecule has 2 rings (SSSR count). The molecule has 3 unspecified atom stereocenters. The molecule has 4 N–H and O–H groups in total. The van der Waals surface area contributed by atoms with Gasteiger partial charge in [0.05, 0.1) is 22.8 Å². The minimum atomic E-state index is -1.17. The Labute approximate surface area is 132 Å². The molecule has 2 aliphatic rings. The number of nitrogens with one attached hydrogen (secondary N) is 2. The third-order valence-corrected chi connectivity index (χ3v) is 5.55. The van der Waals surface area contributed by atoms with E-state index in [4.69, 9.17) is 4.74 Å². The Morgan fingerprint density at radius 3 is 2.05 bits per heavy atom. The third kappa shape index (κ3) is 2.89. The normalized spacial score (nSPS) is 33.2. The second-order valence-electron chi connectivity index (χ2n) is 7.81. The Balaban J connectivity index is 2.10. The zero-order chi connectivity index (χ0) is 17.0. The SMILES string of the molecule is CCC(C)(O)CC(OC(=O)C(C)(C)C12NC1N2)C(C)(O)CC. The van der Waals surface area contributed by atoms with Crippen molar-refractivity contribution in [1.29, 1.82) is 0 Å². The van der Waals surface area contributed by atoms with Gasteiger partial charge in [-0.15, -0.1) is 0 Å². The predicted molar refractivity (Wildman–Crippen MR) is 82.9 cm³/mol. The van der Waals surface area contributed by atoms with E-state index >= 15 is 0 Å². The van der Waals surface area contributed by atoms with Crippen LogP contribution in [0, 0.1) is 5.41 Å². The lowest BCUT2D eigenvalue weighted by molar-refractivity contribution is -0.181. The fourth-order valence-corrected chi connectivity index (χ4v) is 2.69. The van der Waals surface area contributed by atoms with Gasteiger partial charge >= 0.3 is 5.97 Å². The Bertz CT molecular complexity index is 453. The van der Waals surface area contributed by atoms with Crippen molar-refractivity contribution in [3.05, 3.63) is 0 Å². The van der Waals surface area contributed by atoms with Crippen LogP contribution in [0.2, 0.25) is 0 Å². The van der Waals surface area contributed by atoms with Gasteiger partial charge in [0.1, 0.15) is 11.8 Å². The fraction of sp³-hybridized carbons (Fsp3) is 0.938. The van der Waals surface area contributed by atoms with Crippen LogP contribution in [-0.2, 0) is 9.53 Å². The van der Waals surface area contributed by atoms with E-state index in [2.05, 4.69) is 10.6 Å². The van der Waals surface area contributed by atoms with Crippen LogP contribution in [-0.4, -0.2) is 45.3 Å². The highest BCUT2D eigenvalue weighted by molar-refractivity contribution is 5.80. The summed E-state index contributed by atoms with van der Waals surface area (Å²) in [6.07, 6.45) is 0.628. The average Bonchev–Trinajstić information content (AvgIpc) is 3.26. The van der Waals surface area contributed by atoms with Crippen molar-refractivity contribution >= 4 is 5.97 Å². The van der Waals surface area contributed by atoms with Gasteiger partial charge < -0.3 is 14.9 Å². The van der Waals surface area contributed by atoms with Crippen LogP contribution >= 0.6 is 0 Å². The minimum Gasteiger partial charge on any atom is -0.459 e. The second kappa shape index (κ2) is 5.16. The Morgan fingerprint density at radius 2 is 1.68 bits per heavy atom. The fourth-order valence-electron chi connectivity index (χ4n) is 2.69. The van der Waals surface area contributed by atoms with E-state index in [1.807, 2.05) is 27.7 Å². The van der Waals surface area contributed by atoms with E-state index in [-0.39, 0.29) is 24.2 Å². The van der Waals surface area contributed by atoms with Gasteiger partial charge in [-0.2, -0.15) is 0 Å². The Kier molecular flexibility index (Phi) is 4.14. The van der Waals surface area contributed by atoms with Gasteiger partial charge in [-0.3, -0.25) is 15.4 Å². The molecule has 0 aromatic carbocycles. The summed E-state index contributed by atoms with van der Waals surface area (Å²) in [6, 6.07) is 0. The summed E-state index contributed by atoms with van der Waals surface area (Å²) in [6.45, 7) is 10.7. The van der Waals surface area contributed by atoms with Crippen LogP contribution in [0.3, 0.4) is 0 Å². The zero-order valence-corrected chi connectivity index (χ0v) is 14.5. The lowest BCUT2D eigenvalue weighted by Gasteiger charge is -2.38. The molecule has 2 saturated heterocycles. The Morgan fingerprint density at radius 1 is 1.18 bits per heavy atom. The molecule has 0 aromatic heterocycles. The molecule has 2 heterocycles. The highest BCUT2D eigenvalue weighted by atomic mass is 16.6. The lowest BCUT2D eigenvalue weighted by Crippen LogP contribution is -2.51. The molecule has 128 valence electrons. The van der Waals surface area contributed by atoms with E-state index < -0.39 is 22.7 Å². The molecule has 0 spiro atoms. The molecule has 2 fully saturated rings.